The summed E-state index contributed by atoms with van der Waals surface area (Å²) in [5.41, 5.74) is 0. The molecule has 0 radical (unpaired) electrons. The highest BCUT2D eigenvalue weighted by Gasteiger charge is 2.47. The molecule has 2 aliphatic heterocycles. The average Bonchev–Trinajstić information content (AvgIpc) is 3.14. The number of carbonyl (C=O) groups excluding carboxylic acids is 3. The SMILES string of the molecule is CSCC(=O)N1CCN2C(=O)N(CCc3cccs3)C(=O)C2C1. The molecule has 1 aromatic rings. The molecule has 3 rings (SSSR count). The molecule has 1 unspecified atom stereocenters. The summed E-state index contributed by atoms with van der Waals surface area (Å²) in [5.74, 6) is 0.277. The van der Waals surface area contributed by atoms with Crippen molar-refractivity contribution in [3.63, 3.8) is 0 Å². The Kier molecular flexibility index (Phi) is 4.91. The molecule has 2 saturated heterocycles. The van der Waals surface area contributed by atoms with Crippen molar-refractivity contribution in [2.75, 3.05) is 38.2 Å². The molecule has 0 N–H and O–H groups in total. The van der Waals surface area contributed by atoms with Gasteiger partial charge in [0, 0.05) is 24.5 Å². The summed E-state index contributed by atoms with van der Waals surface area (Å²) in [4.78, 5) is 42.8. The molecule has 23 heavy (non-hydrogen) atoms. The molecule has 6 nitrogen and oxygen atoms in total. The second-order valence-electron chi connectivity index (χ2n) is 5.58. The fourth-order valence-electron chi connectivity index (χ4n) is 2.98. The standard InChI is InChI=1S/C15H19N3O3S2/c1-22-10-13(19)16-6-7-17-12(9-16)14(20)18(15(17)21)5-4-11-3-2-8-23-11/h2-3,8,12H,4-7,9-10H2,1H3. The van der Waals surface area contributed by atoms with Crippen molar-refractivity contribution < 1.29 is 14.4 Å². The number of hydrogen-bond donors (Lipinski definition) is 0. The van der Waals surface area contributed by atoms with Gasteiger partial charge in [-0.2, -0.15) is 11.8 Å². The van der Waals surface area contributed by atoms with E-state index < -0.39 is 6.04 Å². The lowest BCUT2D eigenvalue weighted by Crippen LogP contribution is -2.55. The van der Waals surface area contributed by atoms with E-state index in [0.29, 0.717) is 38.4 Å². The van der Waals surface area contributed by atoms with E-state index in [1.165, 1.54) is 16.7 Å². The number of imide groups is 1. The van der Waals surface area contributed by atoms with Crippen molar-refractivity contribution >= 4 is 40.9 Å². The number of carbonyl (C=O) groups is 3. The summed E-state index contributed by atoms with van der Waals surface area (Å²) >= 11 is 3.10. The minimum atomic E-state index is -0.509. The third-order valence-corrected chi connectivity index (χ3v) is 5.66. The van der Waals surface area contributed by atoms with E-state index in [1.54, 1.807) is 21.1 Å². The van der Waals surface area contributed by atoms with Crippen molar-refractivity contribution in [1.82, 2.24) is 14.7 Å². The van der Waals surface area contributed by atoms with Gasteiger partial charge in [0.05, 0.1) is 12.3 Å². The normalized spacial score (nSPS) is 21.1. The zero-order valence-corrected chi connectivity index (χ0v) is 14.6. The number of urea groups is 1. The van der Waals surface area contributed by atoms with E-state index in [1.807, 2.05) is 23.8 Å². The molecule has 0 aromatic carbocycles. The minimum Gasteiger partial charge on any atom is -0.338 e. The van der Waals surface area contributed by atoms with Crippen LogP contribution in [0.4, 0.5) is 4.79 Å². The van der Waals surface area contributed by atoms with Gasteiger partial charge >= 0.3 is 6.03 Å². The Morgan fingerprint density at radius 3 is 2.91 bits per heavy atom. The number of fused-ring (bicyclic) bond motifs is 1. The van der Waals surface area contributed by atoms with Gasteiger partial charge in [-0.25, -0.2) is 4.79 Å². The second-order valence-corrected chi connectivity index (χ2v) is 7.48. The van der Waals surface area contributed by atoms with Crippen LogP contribution in [-0.2, 0) is 16.0 Å². The first-order chi connectivity index (χ1) is 11.1. The summed E-state index contributed by atoms with van der Waals surface area (Å²) in [5, 5.41) is 1.99. The largest absolute Gasteiger partial charge is 0.338 e. The van der Waals surface area contributed by atoms with Crippen LogP contribution in [0, 0.1) is 0 Å². The van der Waals surface area contributed by atoms with E-state index in [0.717, 1.165) is 4.88 Å². The van der Waals surface area contributed by atoms with Crippen LogP contribution in [-0.4, -0.2) is 76.8 Å². The van der Waals surface area contributed by atoms with Crippen molar-refractivity contribution in [3.05, 3.63) is 22.4 Å². The molecule has 0 spiro atoms. The Balaban J connectivity index is 1.64. The highest BCUT2D eigenvalue weighted by Crippen LogP contribution is 2.23. The predicted molar refractivity (Wildman–Crippen MR) is 90.6 cm³/mol. The first kappa shape index (κ1) is 16.3. The van der Waals surface area contributed by atoms with Gasteiger partial charge in [-0.3, -0.25) is 14.5 Å². The molecule has 124 valence electrons. The summed E-state index contributed by atoms with van der Waals surface area (Å²) in [6.45, 7) is 1.67. The molecular formula is C15H19N3O3S2. The first-order valence-corrected chi connectivity index (χ1v) is 9.80. The molecule has 0 bridgehead atoms. The van der Waals surface area contributed by atoms with Gasteiger partial charge in [-0.05, 0) is 24.1 Å². The first-order valence-electron chi connectivity index (χ1n) is 7.53. The molecule has 1 atom stereocenters. The van der Waals surface area contributed by atoms with Crippen LogP contribution in [0.15, 0.2) is 17.5 Å². The molecule has 2 fully saturated rings. The topological polar surface area (TPSA) is 60.9 Å². The maximum atomic E-state index is 12.6. The van der Waals surface area contributed by atoms with E-state index in [4.69, 9.17) is 0 Å². The van der Waals surface area contributed by atoms with Gasteiger partial charge in [0.25, 0.3) is 5.91 Å². The van der Waals surface area contributed by atoms with Crippen LogP contribution in [0.25, 0.3) is 0 Å². The molecular weight excluding hydrogens is 334 g/mol. The molecule has 8 heteroatoms. The van der Waals surface area contributed by atoms with Crippen LogP contribution in [0.1, 0.15) is 4.88 Å². The fraction of sp³-hybridized carbons (Fsp3) is 0.533. The van der Waals surface area contributed by atoms with Crippen LogP contribution in [0.2, 0.25) is 0 Å². The van der Waals surface area contributed by atoms with Gasteiger partial charge in [0.2, 0.25) is 5.91 Å². The number of piperazine rings is 1. The molecule has 3 heterocycles. The van der Waals surface area contributed by atoms with Gasteiger partial charge in [-0.15, -0.1) is 11.3 Å². The van der Waals surface area contributed by atoms with Gasteiger partial charge < -0.3 is 9.80 Å². The quantitative estimate of drug-likeness (QED) is 0.745. The monoisotopic (exact) mass is 353 g/mol. The average molecular weight is 353 g/mol. The lowest BCUT2D eigenvalue weighted by Gasteiger charge is -2.35. The third kappa shape index (κ3) is 3.23. The number of nitrogens with zero attached hydrogens (tertiary/aromatic N) is 3. The van der Waals surface area contributed by atoms with Crippen LogP contribution in [0.3, 0.4) is 0 Å². The van der Waals surface area contributed by atoms with Crippen molar-refractivity contribution in [1.29, 1.82) is 0 Å². The van der Waals surface area contributed by atoms with Crippen molar-refractivity contribution in [3.8, 4) is 0 Å². The van der Waals surface area contributed by atoms with Crippen LogP contribution in [0.5, 0.6) is 0 Å². The van der Waals surface area contributed by atoms with E-state index in [2.05, 4.69) is 0 Å². The Hall–Kier alpha value is -1.54. The second kappa shape index (κ2) is 6.92. The summed E-state index contributed by atoms with van der Waals surface area (Å²) < 4.78 is 0. The zero-order valence-electron chi connectivity index (χ0n) is 12.9. The Bertz CT molecular complexity index is 605. The minimum absolute atomic E-state index is 0.0365. The van der Waals surface area contributed by atoms with Gasteiger partial charge in [-0.1, -0.05) is 6.07 Å². The molecule has 0 aliphatic carbocycles. The summed E-state index contributed by atoms with van der Waals surface area (Å²) in [6, 6.07) is 3.25. The predicted octanol–water partition coefficient (Wildman–Crippen LogP) is 1.13. The van der Waals surface area contributed by atoms with Crippen LogP contribution < -0.4 is 0 Å². The lowest BCUT2D eigenvalue weighted by atomic mass is 10.2. The number of amides is 4. The molecule has 2 aliphatic rings. The van der Waals surface area contributed by atoms with E-state index in [-0.39, 0.29) is 17.8 Å². The lowest BCUT2D eigenvalue weighted by molar-refractivity contribution is -0.134. The van der Waals surface area contributed by atoms with E-state index in [9.17, 15) is 14.4 Å². The zero-order chi connectivity index (χ0) is 16.4. The highest BCUT2D eigenvalue weighted by atomic mass is 32.2. The van der Waals surface area contributed by atoms with Gasteiger partial charge in [0.15, 0.2) is 0 Å². The van der Waals surface area contributed by atoms with Crippen molar-refractivity contribution in [2.45, 2.75) is 12.5 Å². The van der Waals surface area contributed by atoms with Gasteiger partial charge in [0.1, 0.15) is 6.04 Å². The Labute approximate surface area is 143 Å². The fourth-order valence-corrected chi connectivity index (χ4v) is 4.10. The number of rotatable bonds is 5. The summed E-state index contributed by atoms with van der Waals surface area (Å²) in [7, 11) is 0. The Morgan fingerprint density at radius 1 is 1.39 bits per heavy atom. The molecule has 4 amide bonds. The maximum Gasteiger partial charge on any atom is 0.327 e. The molecule has 0 saturated carbocycles. The summed E-state index contributed by atoms with van der Waals surface area (Å²) in [6.07, 6.45) is 2.57. The van der Waals surface area contributed by atoms with Crippen LogP contribution >= 0.6 is 23.1 Å². The number of thiophene rings is 1. The number of thioether (sulfide) groups is 1. The Morgan fingerprint density at radius 2 is 2.22 bits per heavy atom. The number of hydrogen-bond acceptors (Lipinski definition) is 5. The third-order valence-electron chi connectivity index (χ3n) is 4.19. The smallest absolute Gasteiger partial charge is 0.327 e. The molecule has 1 aromatic heterocycles. The van der Waals surface area contributed by atoms with Crippen molar-refractivity contribution in [2.24, 2.45) is 0 Å². The maximum absolute atomic E-state index is 12.6. The highest BCUT2D eigenvalue weighted by molar-refractivity contribution is 7.99. The van der Waals surface area contributed by atoms with E-state index >= 15 is 0 Å².